The predicted octanol–water partition coefficient (Wildman–Crippen LogP) is -2.93. The molecule has 15 N–H and O–H groups in total. The Hall–Kier alpha value is -1.75. The molecule has 0 aromatic carbocycles. The number of carbonyl (C=O) groups excluding carboxylic acids is 1. The van der Waals surface area contributed by atoms with E-state index in [1.54, 1.807) is 6.92 Å². The molecule has 0 bridgehead atoms. The number of hydrogen-bond donors (Lipinski definition) is 15. The van der Waals surface area contributed by atoms with Crippen molar-refractivity contribution in [3.8, 4) is 0 Å². The van der Waals surface area contributed by atoms with Gasteiger partial charge in [-0.25, -0.2) is 0 Å². The first-order valence-corrected chi connectivity index (χ1v) is 30.2. The summed E-state index contributed by atoms with van der Waals surface area (Å²) in [5.41, 5.74) is -3.54. The van der Waals surface area contributed by atoms with E-state index in [-0.39, 0.29) is 35.2 Å². The number of carbonyl (C=O) groups is 1. The quantitative estimate of drug-likeness (QED) is 0.0528. The van der Waals surface area contributed by atoms with E-state index in [0.717, 1.165) is 18.4 Å². The number of allylic oxidation sites excluding steroid dienone is 1. The molecule has 33 atom stereocenters. The van der Waals surface area contributed by atoms with Crippen molar-refractivity contribution in [1.82, 2.24) is 0 Å². The summed E-state index contributed by atoms with van der Waals surface area (Å²) in [5.74, 6) is -1.59. The second kappa shape index (κ2) is 23.8. The van der Waals surface area contributed by atoms with Crippen LogP contribution >= 0.6 is 0 Å². The van der Waals surface area contributed by atoms with Gasteiger partial charge in [0.2, 0.25) is 6.29 Å². The van der Waals surface area contributed by atoms with Crippen LogP contribution in [0.4, 0.5) is 0 Å². The van der Waals surface area contributed by atoms with E-state index in [2.05, 4.69) is 40.7 Å². The maximum Gasteiger partial charge on any atom is 0.315 e. The summed E-state index contributed by atoms with van der Waals surface area (Å²) in [6, 6.07) is 0. The first kappa shape index (κ1) is 65.2. The van der Waals surface area contributed by atoms with Gasteiger partial charge in [-0.1, -0.05) is 53.2 Å². The van der Waals surface area contributed by atoms with Crippen LogP contribution < -0.4 is 0 Å². The minimum Gasteiger partial charge on any atom is -0.432 e. The molecule has 0 spiro atoms. The van der Waals surface area contributed by atoms with Crippen molar-refractivity contribution in [2.24, 2.45) is 50.7 Å². The third-order valence-corrected chi connectivity index (χ3v) is 23.1. The summed E-state index contributed by atoms with van der Waals surface area (Å²) in [5, 5.41) is 163. The number of hydrogen-bond acceptors (Lipinski definition) is 26. The Bertz CT molecular complexity index is 2350. The fraction of sp³-hybridized carbons (Fsp3) is 0.948. The molecular weight excluding hydrogens is 1110 g/mol. The van der Waals surface area contributed by atoms with Gasteiger partial charge >= 0.3 is 5.97 Å². The van der Waals surface area contributed by atoms with Gasteiger partial charge < -0.3 is 124 Å². The van der Waals surface area contributed by atoms with E-state index in [1.807, 2.05) is 6.92 Å². The molecule has 9 fully saturated rings. The smallest absolute Gasteiger partial charge is 0.315 e. The third kappa shape index (κ3) is 10.6. The fourth-order valence-electron chi connectivity index (χ4n) is 17.5. The van der Waals surface area contributed by atoms with Gasteiger partial charge in [0.15, 0.2) is 25.2 Å². The Morgan fingerprint density at radius 2 is 1.17 bits per heavy atom. The van der Waals surface area contributed by atoms with Crippen LogP contribution in [0.2, 0.25) is 0 Å². The number of aliphatic hydroxyl groups is 15. The second-order valence-corrected chi connectivity index (χ2v) is 27.9. The van der Waals surface area contributed by atoms with Crippen molar-refractivity contribution in [2.75, 3.05) is 26.4 Å². The highest BCUT2D eigenvalue weighted by molar-refractivity contribution is 5.79. The molecule has 0 unspecified atom stereocenters. The molecule has 10 rings (SSSR count). The molecule has 5 aliphatic carbocycles. The Morgan fingerprint density at radius 3 is 1.86 bits per heavy atom. The van der Waals surface area contributed by atoms with Crippen molar-refractivity contribution >= 4 is 5.97 Å². The SMILES string of the molecule is C[C@@H]1O[C@@H](O[C@H]2[C@H](O[C@H]3CC[C@]4(C)[C@H]5CC=C6[C@H]7[C@](C(=O)O[C@@H]8O[C@H](CO[C@@H]9O[C@H](CO)[C@@H](O)[C@H](O)[C@H]9O)[C@@H](O)[C@H](O)[C@H]8O)(CC[C@@H](C)[C@@]7(C)O)CC[C@@]6(C)[C@]5(C)CC[C@H]4C3(C)C)OC[C@H](O)[C@@H]2O[C@@H]2OC[C@H](O)[C@H](O)[C@H]2O)[C@H](O)[C@H](O)[C@H]1O. The van der Waals surface area contributed by atoms with E-state index in [4.69, 9.17) is 47.4 Å². The summed E-state index contributed by atoms with van der Waals surface area (Å²) in [4.78, 5) is 15.2. The Balaban J connectivity index is 0.884. The number of esters is 1. The molecule has 84 heavy (non-hydrogen) atoms. The lowest BCUT2D eigenvalue weighted by atomic mass is 9.33. The van der Waals surface area contributed by atoms with E-state index in [9.17, 15) is 76.6 Å². The molecule has 5 saturated heterocycles. The molecular formula is C58H94O26. The summed E-state index contributed by atoms with van der Waals surface area (Å²) in [6.07, 6.45) is -29.7. The zero-order chi connectivity index (χ0) is 61.3. The Labute approximate surface area is 488 Å². The van der Waals surface area contributed by atoms with Crippen LogP contribution in [0.3, 0.4) is 0 Å². The van der Waals surface area contributed by atoms with E-state index in [0.29, 0.717) is 44.9 Å². The van der Waals surface area contributed by atoms with Crippen LogP contribution in [0, 0.1) is 50.7 Å². The van der Waals surface area contributed by atoms with E-state index in [1.165, 1.54) is 6.92 Å². The molecule has 0 aromatic heterocycles. The summed E-state index contributed by atoms with van der Waals surface area (Å²) in [7, 11) is 0. The summed E-state index contributed by atoms with van der Waals surface area (Å²) < 4.78 is 60.3. The molecule has 482 valence electrons. The zero-order valence-corrected chi connectivity index (χ0v) is 49.1. The number of rotatable bonds is 12. The Morgan fingerprint density at radius 1 is 0.571 bits per heavy atom. The third-order valence-electron chi connectivity index (χ3n) is 23.1. The molecule has 4 saturated carbocycles. The van der Waals surface area contributed by atoms with Gasteiger partial charge in [0.1, 0.15) is 104 Å². The number of aliphatic hydroxyl groups excluding tert-OH is 14. The average molecular weight is 1210 g/mol. The van der Waals surface area contributed by atoms with Gasteiger partial charge in [-0.05, 0) is 111 Å². The lowest BCUT2D eigenvalue weighted by molar-refractivity contribution is -0.383. The van der Waals surface area contributed by atoms with Gasteiger partial charge in [-0.3, -0.25) is 4.79 Å². The van der Waals surface area contributed by atoms with Crippen molar-refractivity contribution < 1.29 is 129 Å². The lowest BCUT2D eigenvalue weighted by Crippen LogP contribution is -2.68. The first-order chi connectivity index (χ1) is 39.3. The highest BCUT2D eigenvalue weighted by atomic mass is 16.8. The van der Waals surface area contributed by atoms with Gasteiger partial charge in [0, 0.05) is 5.92 Å². The summed E-state index contributed by atoms with van der Waals surface area (Å²) >= 11 is 0. The maximum atomic E-state index is 15.2. The van der Waals surface area contributed by atoms with Crippen LogP contribution in [-0.4, -0.2) is 262 Å². The Kier molecular flexibility index (Phi) is 18.5. The number of fused-ring (bicyclic) bond motifs is 7. The van der Waals surface area contributed by atoms with Crippen LogP contribution in [0.5, 0.6) is 0 Å². The average Bonchev–Trinajstić information content (AvgIpc) is 0.697. The monoisotopic (exact) mass is 1210 g/mol. The van der Waals surface area contributed by atoms with Crippen LogP contribution in [0.15, 0.2) is 11.6 Å². The van der Waals surface area contributed by atoms with E-state index >= 15 is 4.79 Å². The van der Waals surface area contributed by atoms with Crippen molar-refractivity contribution in [3.05, 3.63) is 11.6 Å². The second-order valence-electron chi connectivity index (χ2n) is 27.9. The maximum absolute atomic E-state index is 15.2. The summed E-state index contributed by atoms with van der Waals surface area (Å²) in [6.45, 7) is 14.4. The molecule has 0 radical (unpaired) electrons. The molecule has 0 amide bonds. The minimum atomic E-state index is -1.92. The van der Waals surface area contributed by atoms with Gasteiger partial charge in [-0.15, -0.1) is 0 Å². The largest absolute Gasteiger partial charge is 0.432 e. The minimum absolute atomic E-state index is 0.0540. The van der Waals surface area contributed by atoms with Gasteiger partial charge in [0.05, 0.1) is 49.7 Å². The predicted molar refractivity (Wildman–Crippen MR) is 283 cm³/mol. The molecule has 26 heteroatoms. The fourth-order valence-corrected chi connectivity index (χ4v) is 17.5. The zero-order valence-electron chi connectivity index (χ0n) is 49.1. The van der Waals surface area contributed by atoms with Crippen molar-refractivity contribution in [2.45, 2.75) is 266 Å². The number of ether oxygens (including phenoxy) is 10. The highest BCUT2D eigenvalue weighted by Crippen LogP contribution is 2.76. The molecule has 5 aliphatic heterocycles. The standard InChI is InChI=1S/C58H94O26/c1-23-11-16-58(52(73)84-50-43(72)39(68)36(65)29(80-50)22-77-47-41(70)38(67)35(64)28(19-59)79-47)18-17-55(6)25(46(58)57(23,8)74)9-10-31-54(5)14-13-32(53(3,4)30(54)12-15-56(31,55)7)81-51-45(83-49-42(71)37(66)33(62)24(2)78-49)44(27(61)21-76-51)82-48-40(69)34(63)26(60)20-75-48/h9,23-24,26-51,59-72,74H,10-22H2,1-8H3/t23-,24+,26+,27+,28-,29-,30+,31-,32+,33+,34+,35-,36-,37-,38+,39+,40-,41-,42-,43-,44+,45-,46-,47-,48+,49+,50+,51+,54+,55-,56-,57-,58+/m1/s1. The molecule has 26 nitrogen and oxygen atoms in total. The highest BCUT2D eigenvalue weighted by Gasteiger charge is 2.72. The van der Waals surface area contributed by atoms with Crippen LogP contribution in [0.1, 0.15) is 113 Å². The normalized spacial score (nSPS) is 55.8. The first-order valence-electron chi connectivity index (χ1n) is 30.2. The van der Waals surface area contributed by atoms with Crippen molar-refractivity contribution in [1.29, 1.82) is 0 Å². The molecule has 10 aliphatic rings. The van der Waals surface area contributed by atoms with Crippen LogP contribution in [-0.2, 0) is 52.2 Å². The van der Waals surface area contributed by atoms with Crippen molar-refractivity contribution in [3.63, 3.8) is 0 Å². The van der Waals surface area contributed by atoms with E-state index < -0.39 is 201 Å². The topological polar surface area (TPSA) is 413 Å². The van der Waals surface area contributed by atoms with Gasteiger partial charge in [0.25, 0.3) is 0 Å². The lowest BCUT2D eigenvalue weighted by Gasteiger charge is -2.72. The molecule has 0 aromatic rings. The van der Waals surface area contributed by atoms with Gasteiger partial charge in [-0.2, -0.15) is 0 Å². The van der Waals surface area contributed by atoms with Crippen LogP contribution in [0.25, 0.3) is 0 Å². The molecule has 5 heterocycles.